The molecule has 0 aromatic carbocycles. The number of aromatic nitrogens is 4. The van der Waals surface area contributed by atoms with Crippen molar-refractivity contribution < 1.29 is 14.3 Å². The molecule has 2 aromatic heterocycles. The molecule has 0 radical (unpaired) electrons. The Labute approximate surface area is 149 Å². The second kappa shape index (κ2) is 8.70. The molecule has 0 saturated carbocycles. The number of likely N-dealkylation sites (tertiary alicyclic amines) is 1. The van der Waals surface area contributed by atoms with Crippen LogP contribution in [0.25, 0.3) is 10.7 Å². The number of ether oxygens (including phenoxy) is 1. The van der Waals surface area contributed by atoms with Gasteiger partial charge >= 0.3 is 5.97 Å². The number of rotatable bonds is 5. The van der Waals surface area contributed by atoms with Crippen molar-refractivity contribution in [3.63, 3.8) is 0 Å². The molecule has 3 heterocycles. The fourth-order valence-corrected chi connectivity index (χ4v) is 3.35. The minimum atomic E-state index is -0.546. The highest BCUT2D eigenvalue weighted by Gasteiger charge is 2.17. The largest absolute Gasteiger partial charge is 0.454 e. The lowest BCUT2D eigenvalue weighted by atomic mass is 10.1. The van der Waals surface area contributed by atoms with Crippen molar-refractivity contribution in [1.82, 2.24) is 25.1 Å². The van der Waals surface area contributed by atoms with E-state index in [0.29, 0.717) is 5.82 Å². The molecule has 25 heavy (non-hydrogen) atoms. The lowest BCUT2D eigenvalue weighted by molar-refractivity contribution is -0.153. The zero-order valence-corrected chi connectivity index (χ0v) is 14.8. The van der Waals surface area contributed by atoms with E-state index < -0.39 is 5.97 Å². The molecule has 1 fully saturated rings. The Morgan fingerprint density at radius 1 is 1.16 bits per heavy atom. The number of hydrogen-bond acceptors (Lipinski definition) is 7. The molecule has 0 N–H and O–H groups in total. The standard InChI is InChI=1S/C16H21N5O3S/c22-14(20-8-4-2-1-3-5-9-20)12-24-15(23)11-21-18-16(17-19-21)13-7-6-10-25-13/h6-7,10H,1-5,8-9,11-12H2. The highest BCUT2D eigenvalue weighted by Crippen LogP contribution is 2.19. The molecule has 9 heteroatoms. The van der Waals surface area contributed by atoms with Gasteiger partial charge in [-0.15, -0.1) is 21.5 Å². The summed E-state index contributed by atoms with van der Waals surface area (Å²) in [5.74, 6) is -0.212. The molecule has 1 saturated heterocycles. The molecule has 1 amide bonds. The Balaban J connectivity index is 1.45. The monoisotopic (exact) mass is 363 g/mol. The van der Waals surface area contributed by atoms with Crippen molar-refractivity contribution in [3.05, 3.63) is 17.5 Å². The van der Waals surface area contributed by atoms with Gasteiger partial charge in [0.05, 0.1) is 4.88 Å². The van der Waals surface area contributed by atoms with Crippen LogP contribution in [-0.2, 0) is 20.9 Å². The number of tetrazole rings is 1. The minimum absolute atomic E-state index is 0.138. The van der Waals surface area contributed by atoms with Gasteiger partial charge in [-0.05, 0) is 29.5 Å². The molecule has 0 bridgehead atoms. The smallest absolute Gasteiger partial charge is 0.330 e. The van der Waals surface area contributed by atoms with Gasteiger partial charge in [-0.3, -0.25) is 4.79 Å². The molecule has 2 aromatic rings. The summed E-state index contributed by atoms with van der Waals surface area (Å²) < 4.78 is 5.08. The number of hydrogen-bond donors (Lipinski definition) is 0. The molecule has 1 aliphatic heterocycles. The average Bonchev–Trinajstić information content (AvgIpc) is 3.23. The van der Waals surface area contributed by atoms with Gasteiger partial charge in [-0.1, -0.05) is 25.3 Å². The summed E-state index contributed by atoms with van der Waals surface area (Å²) >= 11 is 1.50. The Morgan fingerprint density at radius 3 is 2.64 bits per heavy atom. The molecule has 1 aliphatic rings. The zero-order chi connectivity index (χ0) is 17.5. The van der Waals surface area contributed by atoms with E-state index in [2.05, 4.69) is 15.4 Å². The fraction of sp³-hybridized carbons (Fsp3) is 0.562. The SMILES string of the molecule is O=C(Cn1nnc(-c2cccs2)n1)OCC(=O)N1CCCCCCC1. The third-order valence-corrected chi connectivity index (χ3v) is 4.90. The van der Waals surface area contributed by atoms with Crippen LogP contribution >= 0.6 is 11.3 Å². The number of amides is 1. The molecule has 3 rings (SSSR count). The molecule has 0 atom stereocenters. The quantitative estimate of drug-likeness (QED) is 0.752. The summed E-state index contributed by atoms with van der Waals surface area (Å²) in [6, 6.07) is 3.78. The van der Waals surface area contributed by atoms with E-state index >= 15 is 0 Å². The van der Waals surface area contributed by atoms with Gasteiger partial charge in [0.1, 0.15) is 0 Å². The van der Waals surface area contributed by atoms with E-state index in [4.69, 9.17) is 4.74 Å². The summed E-state index contributed by atoms with van der Waals surface area (Å²) in [6.07, 6.45) is 5.54. The Hall–Kier alpha value is -2.29. The van der Waals surface area contributed by atoms with E-state index in [1.54, 1.807) is 4.90 Å². The van der Waals surface area contributed by atoms with E-state index in [0.717, 1.165) is 43.6 Å². The third kappa shape index (κ3) is 5.09. The zero-order valence-electron chi connectivity index (χ0n) is 14.0. The van der Waals surface area contributed by atoms with E-state index in [-0.39, 0.29) is 19.1 Å². The number of carbonyl (C=O) groups is 2. The van der Waals surface area contributed by atoms with Crippen molar-refractivity contribution in [2.45, 2.75) is 38.6 Å². The molecule has 0 unspecified atom stereocenters. The Bertz CT molecular complexity index is 692. The van der Waals surface area contributed by atoms with Crippen LogP contribution in [0, 0.1) is 0 Å². The maximum absolute atomic E-state index is 12.2. The van der Waals surface area contributed by atoms with Gasteiger partial charge < -0.3 is 9.64 Å². The molecule has 0 spiro atoms. The third-order valence-electron chi connectivity index (χ3n) is 4.03. The highest BCUT2D eigenvalue weighted by molar-refractivity contribution is 7.13. The summed E-state index contributed by atoms with van der Waals surface area (Å²) in [5, 5.41) is 13.8. The van der Waals surface area contributed by atoms with Gasteiger partial charge in [-0.25, -0.2) is 4.79 Å². The first kappa shape index (κ1) is 17.5. The van der Waals surface area contributed by atoms with Crippen molar-refractivity contribution in [3.8, 4) is 10.7 Å². The van der Waals surface area contributed by atoms with Crippen LogP contribution in [-0.4, -0.2) is 56.7 Å². The highest BCUT2D eigenvalue weighted by atomic mass is 32.1. The summed E-state index contributed by atoms with van der Waals surface area (Å²) in [7, 11) is 0. The summed E-state index contributed by atoms with van der Waals surface area (Å²) in [4.78, 5) is 27.9. The van der Waals surface area contributed by atoms with Crippen LogP contribution in [0.1, 0.15) is 32.1 Å². The fourth-order valence-electron chi connectivity index (χ4n) is 2.71. The maximum atomic E-state index is 12.2. The first-order chi connectivity index (χ1) is 12.2. The topological polar surface area (TPSA) is 90.2 Å². The number of carbonyl (C=O) groups excluding carboxylic acids is 2. The summed E-state index contributed by atoms with van der Waals surface area (Å²) in [5.41, 5.74) is 0. The Kier molecular flexibility index (Phi) is 6.10. The molecular weight excluding hydrogens is 342 g/mol. The van der Waals surface area contributed by atoms with Gasteiger partial charge in [0.15, 0.2) is 13.2 Å². The van der Waals surface area contributed by atoms with Gasteiger partial charge in [0.25, 0.3) is 5.91 Å². The van der Waals surface area contributed by atoms with E-state index in [1.165, 1.54) is 22.6 Å². The van der Waals surface area contributed by atoms with Crippen LogP contribution in [0.4, 0.5) is 0 Å². The second-order valence-corrected chi connectivity index (χ2v) is 6.88. The number of esters is 1. The average molecular weight is 363 g/mol. The Morgan fingerprint density at radius 2 is 1.92 bits per heavy atom. The van der Waals surface area contributed by atoms with Crippen LogP contribution < -0.4 is 0 Å². The number of thiophene rings is 1. The van der Waals surface area contributed by atoms with Gasteiger partial charge in [0.2, 0.25) is 5.82 Å². The van der Waals surface area contributed by atoms with Crippen molar-refractivity contribution in [2.75, 3.05) is 19.7 Å². The minimum Gasteiger partial charge on any atom is -0.454 e. The molecular formula is C16H21N5O3S. The van der Waals surface area contributed by atoms with Gasteiger partial charge in [-0.2, -0.15) is 4.80 Å². The molecule has 0 aliphatic carbocycles. The van der Waals surface area contributed by atoms with Crippen molar-refractivity contribution in [1.29, 1.82) is 0 Å². The first-order valence-corrected chi connectivity index (χ1v) is 9.35. The van der Waals surface area contributed by atoms with Crippen LogP contribution in [0.3, 0.4) is 0 Å². The van der Waals surface area contributed by atoms with E-state index in [9.17, 15) is 9.59 Å². The summed E-state index contributed by atoms with van der Waals surface area (Å²) in [6.45, 7) is 1.09. The first-order valence-electron chi connectivity index (χ1n) is 8.47. The number of nitrogens with zero attached hydrogens (tertiary/aromatic N) is 5. The maximum Gasteiger partial charge on any atom is 0.330 e. The lowest BCUT2D eigenvalue weighted by Gasteiger charge is -2.24. The molecule has 8 nitrogen and oxygen atoms in total. The van der Waals surface area contributed by atoms with Crippen LogP contribution in [0.15, 0.2) is 17.5 Å². The van der Waals surface area contributed by atoms with Crippen LogP contribution in [0.2, 0.25) is 0 Å². The van der Waals surface area contributed by atoms with E-state index in [1.807, 2.05) is 17.5 Å². The predicted octanol–water partition coefficient (Wildman–Crippen LogP) is 1.74. The normalized spacial score (nSPS) is 15.4. The van der Waals surface area contributed by atoms with Crippen molar-refractivity contribution >= 4 is 23.2 Å². The van der Waals surface area contributed by atoms with Crippen molar-refractivity contribution in [2.24, 2.45) is 0 Å². The van der Waals surface area contributed by atoms with Gasteiger partial charge in [0, 0.05) is 13.1 Å². The van der Waals surface area contributed by atoms with Crippen LogP contribution in [0.5, 0.6) is 0 Å². The second-order valence-electron chi connectivity index (χ2n) is 5.93. The predicted molar refractivity (Wildman–Crippen MR) is 91.8 cm³/mol. The molecule has 134 valence electrons. The lowest BCUT2D eigenvalue weighted by Crippen LogP contribution is -2.37.